The molecule has 0 radical (unpaired) electrons. The first-order valence-electron chi connectivity index (χ1n) is 13.5. The average molecular weight is 490 g/mol. The summed E-state index contributed by atoms with van der Waals surface area (Å²) >= 11 is 0. The number of aliphatic hydroxyl groups excluding tert-OH is 1. The highest BCUT2D eigenvalue weighted by atomic mass is 16.5. The van der Waals surface area contributed by atoms with Crippen molar-refractivity contribution in [3.8, 4) is 0 Å². The molecule has 4 saturated carbocycles. The molecule has 9 atom stereocenters. The summed E-state index contributed by atoms with van der Waals surface area (Å²) in [7, 11) is 1.88. The molecule has 0 saturated heterocycles. The molecule has 0 aromatic heterocycles. The van der Waals surface area contributed by atoms with E-state index < -0.39 is 17.1 Å². The third-order valence-corrected chi connectivity index (χ3v) is 11.3. The zero-order chi connectivity index (χ0) is 25.2. The molecule has 0 unspecified atom stereocenters. The number of cyclic esters (lactones) is 1. The zero-order valence-electron chi connectivity index (χ0n) is 21.5. The van der Waals surface area contributed by atoms with Gasteiger partial charge in [-0.25, -0.2) is 9.59 Å². The number of nitrogens with zero attached hydrogens (tertiary/aromatic N) is 1. The van der Waals surface area contributed by atoms with Crippen molar-refractivity contribution in [2.75, 3.05) is 26.7 Å². The van der Waals surface area contributed by atoms with Crippen molar-refractivity contribution in [1.29, 1.82) is 0 Å². The van der Waals surface area contributed by atoms with E-state index in [4.69, 9.17) is 10.5 Å². The van der Waals surface area contributed by atoms with Crippen molar-refractivity contribution in [3.63, 3.8) is 0 Å². The van der Waals surface area contributed by atoms with Crippen LogP contribution in [-0.4, -0.2) is 71.6 Å². The Morgan fingerprint density at radius 1 is 1.20 bits per heavy atom. The van der Waals surface area contributed by atoms with E-state index in [1.807, 2.05) is 11.9 Å². The molecule has 8 heteroatoms. The Kier molecular flexibility index (Phi) is 6.25. The van der Waals surface area contributed by atoms with E-state index in [-0.39, 0.29) is 47.8 Å². The van der Waals surface area contributed by atoms with Gasteiger partial charge in [0.05, 0.1) is 11.7 Å². The second-order valence-electron chi connectivity index (χ2n) is 12.4. The second-order valence-corrected chi connectivity index (χ2v) is 12.4. The molecule has 0 spiro atoms. The van der Waals surface area contributed by atoms with Crippen LogP contribution in [0.1, 0.15) is 65.2 Å². The van der Waals surface area contributed by atoms with Gasteiger partial charge in [0.15, 0.2) is 0 Å². The topological polar surface area (TPSA) is 125 Å². The number of fused-ring (bicyclic) bond motifs is 5. The van der Waals surface area contributed by atoms with Crippen LogP contribution in [0.2, 0.25) is 0 Å². The molecule has 0 bridgehead atoms. The van der Waals surface area contributed by atoms with Gasteiger partial charge in [-0.3, -0.25) is 0 Å². The van der Waals surface area contributed by atoms with Gasteiger partial charge in [0, 0.05) is 37.7 Å². The lowest BCUT2D eigenvalue weighted by atomic mass is 9.42. The van der Waals surface area contributed by atoms with Gasteiger partial charge in [-0.15, -0.1) is 0 Å². The summed E-state index contributed by atoms with van der Waals surface area (Å²) in [5.41, 5.74) is 4.89. The van der Waals surface area contributed by atoms with Crippen molar-refractivity contribution < 1.29 is 24.5 Å². The van der Waals surface area contributed by atoms with Crippen LogP contribution in [0.5, 0.6) is 0 Å². The van der Waals surface area contributed by atoms with Crippen molar-refractivity contribution in [1.82, 2.24) is 10.2 Å². The van der Waals surface area contributed by atoms with Gasteiger partial charge in [0.25, 0.3) is 0 Å². The normalized spacial score (nSPS) is 46.7. The molecule has 5 aliphatic rings. The summed E-state index contributed by atoms with van der Waals surface area (Å²) in [6.07, 6.45) is 7.95. The number of amides is 2. The average Bonchev–Trinajstić information content (AvgIpc) is 3.38. The molecular formula is C27H43N3O5. The fourth-order valence-corrected chi connectivity index (χ4v) is 9.19. The maximum Gasteiger partial charge on any atom is 0.331 e. The van der Waals surface area contributed by atoms with Crippen molar-refractivity contribution in [3.05, 3.63) is 11.6 Å². The third kappa shape index (κ3) is 3.57. The van der Waals surface area contributed by atoms with Gasteiger partial charge < -0.3 is 30.9 Å². The largest absolute Gasteiger partial charge is 0.458 e. The Balaban J connectivity index is 1.36. The van der Waals surface area contributed by atoms with Crippen molar-refractivity contribution >= 4 is 12.0 Å². The maximum atomic E-state index is 12.5. The highest BCUT2D eigenvalue weighted by Crippen LogP contribution is 2.70. The molecule has 4 fully saturated rings. The number of rotatable bonds is 4. The summed E-state index contributed by atoms with van der Waals surface area (Å²) in [6.45, 7) is 5.61. The number of hydrogen-bond acceptors (Lipinski definition) is 6. The molecule has 0 aromatic carbocycles. The number of ether oxygens (including phenoxy) is 1. The Bertz CT molecular complexity index is 909. The number of esters is 1. The van der Waals surface area contributed by atoms with Gasteiger partial charge in [0.1, 0.15) is 6.61 Å². The molecule has 2 amide bonds. The van der Waals surface area contributed by atoms with Crippen molar-refractivity contribution in [2.24, 2.45) is 40.2 Å². The second kappa shape index (κ2) is 8.73. The Morgan fingerprint density at radius 3 is 2.66 bits per heavy atom. The molecule has 8 nitrogen and oxygen atoms in total. The fourth-order valence-electron chi connectivity index (χ4n) is 9.19. The van der Waals surface area contributed by atoms with Crippen LogP contribution in [0.3, 0.4) is 0 Å². The Labute approximate surface area is 208 Å². The molecule has 196 valence electrons. The summed E-state index contributed by atoms with van der Waals surface area (Å²) in [5, 5.41) is 26.9. The van der Waals surface area contributed by atoms with E-state index >= 15 is 0 Å². The SMILES string of the molecule is CN(C(=O)NCCN)[C@@H]1CC[C@]2(C)[C@H](CC[C@@H]3[C@H]2C[C@@H](O)[C@@]2(C)[C@@H](C4=CC(=O)OC4)CC[C@@]32O)C1. The first-order chi connectivity index (χ1) is 16.6. The lowest BCUT2D eigenvalue weighted by Crippen LogP contribution is -2.67. The third-order valence-electron chi connectivity index (χ3n) is 11.3. The minimum Gasteiger partial charge on any atom is -0.458 e. The van der Waals surface area contributed by atoms with E-state index in [0.29, 0.717) is 31.8 Å². The van der Waals surface area contributed by atoms with Crippen LogP contribution in [0.4, 0.5) is 4.79 Å². The molecule has 5 rings (SSSR count). The first kappa shape index (κ1) is 25.0. The maximum absolute atomic E-state index is 12.5. The highest BCUT2D eigenvalue weighted by Gasteiger charge is 2.70. The highest BCUT2D eigenvalue weighted by molar-refractivity contribution is 5.85. The predicted octanol–water partition coefficient (Wildman–Crippen LogP) is 2.18. The van der Waals surface area contributed by atoms with Crippen LogP contribution in [0, 0.1) is 34.5 Å². The molecule has 5 N–H and O–H groups in total. The number of nitrogens with one attached hydrogen (secondary N) is 1. The van der Waals surface area contributed by atoms with Gasteiger partial charge in [-0.1, -0.05) is 13.8 Å². The van der Waals surface area contributed by atoms with Crippen LogP contribution in [-0.2, 0) is 9.53 Å². The quantitative estimate of drug-likeness (QED) is 0.449. The minimum atomic E-state index is -0.948. The molecule has 35 heavy (non-hydrogen) atoms. The lowest BCUT2D eigenvalue weighted by Gasteiger charge is -2.65. The van der Waals surface area contributed by atoms with Gasteiger partial charge in [-0.05, 0) is 86.0 Å². The minimum absolute atomic E-state index is 0.0307. The smallest absolute Gasteiger partial charge is 0.331 e. The zero-order valence-corrected chi connectivity index (χ0v) is 21.5. The number of aliphatic hydroxyl groups is 2. The van der Waals surface area contributed by atoms with Gasteiger partial charge >= 0.3 is 12.0 Å². The van der Waals surface area contributed by atoms with Crippen LogP contribution in [0.15, 0.2) is 11.6 Å². The Morgan fingerprint density at radius 2 is 1.97 bits per heavy atom. The number of carbonyl (C=O) groups is 2. The molecule has 4 aliphatic carbocycles. The Hall–Kier alpha value is -1.64. The lowest BCUT2D eigenvalue weighted by molar-refractivity contribution is -0.243. The van der Waals surface area contributed by atoms with E-state index in [0.717, 1.165) is 44.1 Å². The number of urea groups is 1. The molecular weight excluding hydrogens is 446 g/mol. The van der Waals surface area contributed by atoms with Gasteiger partial charge in [-0.2, -0.15) is 0 Å². The predicted molar refractivity (Wildman–Crippen MR) is 131 cm³/mol. The monoisotopic (exact) mass is 489 g/mol. The number of nitrogens with two attached hydrogens (primary N) is 1. The van der Waals surface area contributed by atoms with E-state index in [9.17, 15) is 19.8 Å². The van der Waals surface area contributed by atoms with Crippen molar-refractivity contribution in [2.45, 2.75) is 83.0 Å². The first-order valence-corrected chi connectivity index (χ1v) is 13.5. The standard InChI is InChI=1S/C27H43N3O5/c1-25-8-6-18(30(3)24(33)29-11-10-28)13-17(25)4-5-20-21(25)14-22(31)26(2)19(7-9-27(20,26)34)16-12-23(32)35-15-16/h12,17-22,31,34H,4-11,13-15,28H2,1-3H3,(H,29,33)/t17-,18-,19-,20-,21-,22-,25-,26-,27-/m1/s1. The van der Waals surface area contributed by atoms with Gasteiger partial charge in [0.2, 0.25) is 0 Å². The van der Waals surface area contributed by atoms with E-state index in [1.54, 1.807) is 6.08 Å². The van der Waals surface area contributed by atoms with Crippen LogP contribution >= 0.6 is 0 Å². The molecule has 1 aliphatic heterocycles. The molecule has 1 heterocycles. The van der Waals surface area contributed by atoms with E-state index in [1.165, 1.54) is 0 Å². The number of hydrogen-bond donors (Lipinski definition) is 4. The van der Waals surface area contributed by atoms with Crippen LogP contribution < -0.4 is 11.1 Å². The summed E-state index contributed by atoms with van der Waals surface area (Å²) in [5.74, 6) is 0.516. The fraction of sp³-hybridized carbons (Fsp3) is 0.852. The molecule has 0 aromatic rings. The van der Waals surface area contributed by atoms with Crippen LogP contribution in [0.25, 0.3) is 0 Å². The summed E-state index contributed by atoms with van der Waals surface area (Å²) < 4.78 is 5.20. The summed E-state index contributed by atoms with van der Waals surface area (Å²) in [4.78, 5) is 26.2. The summed E-state index contributed by atoms with van der Waals surface area (Å²) in [6, 6.07) is 0.142. The van der Waals surface area contributed by atoms with E-state index in [2.05, 4.69) is 19.2 Å². The number of carbonyl (C=O) groups excluding carboxylic acids is 2.